The smallest absolute Gasteiger partial charge is 0.280 e. The average molecular weight is 384 g/mol. The van der Waals surface area contributed by atoms with Crippen LogP contribution in [0.25, 0.3) is 0 Å². The number of hydrogen-bond donors (Lipinski definition) is 2. The molecule has 2 aliphatic rings. The highest BCUT2D eigenvalue weighted by Gasteiger charge is 2.71. The third kappa shape index (κ3) is 2.33. The number of hydrogen-bond acceptors (Lipinski definition) is 6. The number of nitro groups is 1. The molecule has 148 valence electrons. The summed E-state index contributed by atoms with van der Waals surface area (Å²) in [6.45, 7) is 8.10. The molecule has 1 aliphatic carbocycles. The van der Waals surface area contributed by atoms with E-state index in [4.69, 9.17) is 10.5 Å². The van der Waals surface area contributed by atoms with Crippen LogP contribution in [0.1, 0.15) is 67.1 Å². The van der Waals surface area contributed by atoms with E-state index in [9.17, 15) is 20.0 Å². The molecule has 0 saturated carbocycles. The molecule has 3 unspecified atom stereocenters. The van der Waals surface area contributed by atoms with Crippen LogP contribution in [0.5, 0.6) is 5.75 Å². The number of nitrogens with zero attached hydrogens (tertiary/aromatic N) is 1. The van der Waals surface area contributed by atoms with Crippen molar-refractivity contribution in [3.8, 4) is 5.75 Å². The van der Waals surface area contributed by atoms with Crippen LogP contribution in [-0.4, -0.2) is 15.8 Å². The molecule has 1 heterocycles. The zero-order valence-electron chi connectivity index (χ0n) is 16.4. The quantitative estimate of drug-likeness (QED) is 0.615. The highest BCUT2D eigenvalue weighted by atomic mass is 16.6. The molecule has 0 aromatic heterocycles. The number of Topliss-reactive ketones (excluding diaryl/α,β-unsaturated/α-hetero) is 1. The standard InChI is InChI=1S/C19H18N2O5.C2H6/c1-3-10(2)11-7-8-13-15(9-11)26-19(23)16-12(17(22)18(13,19)20)5-4-6-14(16)21(24)25;1-2/h4-10,23H,3,20H2,1-2H3;1-2H3. The molecule has 7 nitrogen and oxygen atoms in total. The molecule has 0 spiro atoms. The topological polar surface area (TPSA) is 116 Å². The van der Waals surface area contributed by atoms with Crippen LogP contribution in [-0.2, 0) is 11.3 Å². The van der Waals surface area contributed by atoms with Crippen LogP contribution in [0, 0.1) is 10.1 Å². The van der Waals surface area contributed by atoms with E-state index < -0.39 is 22.0 Å². The molecular weight excluding hydrogens is 360 g/mol. The van der Waals surface area contributed by atoms with Crippen LogP contribution >= 0.6 is 0 Å². The first-order valence-corrected chi connectivity index (χ1v) is 9.43. The third-order valence-corrected chi connectivity index (χ3v) is 5.58. The monoisotopic (exact) mass is 384 g/mol. The summed E-state index contributed by atoms with van der Waals surface area (Å²) in [5, 5.41) is 22.7. The molecule has 3 atom stereocenters. The van der Waals surface area contributed by atoms with Gasteiger partial charge in [-0.1, -0.05) is 52.0 Å². The van der Waals surface area contributed by atoms with Crippen LogP contribution in [0.3, 0.4) is 0 Å². The van der Waals surface area contributed by atoms with Crippen molar-refractivity contribution in [3.05, 3.63) is 68.8 Å². The van der Waals surface area contributed by atoms with E-state index in [1.807, 2.05) is 19.9 Å². The van der Waals surface area contributed by atoms with Gasteiger partial charge < -0.3 is 15.6 Å². The summed E-state index contributed by atoms with van der Waals surface area (Å²) < 4.78 is 5.75. The third-order valence-electron chi connectivity index (χ3n) is 5.58. The molecule has 28 heavy (non-hydrogen) atoms. The van der Waals surface area contributed by atoms with Crippen molar-refractivity contribution in [1.82, 2.24) is 0 Å². The van der Waals surface area contributed by atoms with Gasteiger partial charge in [-0.05, 0) is 24.0 Å². The van der Waals surface area contributed by atoms with Gasteiger partial charge in [0.25, 0.3) is 11.5 Å². The summed E-state index contributed by atoms with van der Waals surface area (Å²) in [7, 11) is 0. The number of carbonyl (C=O) groups is 1. The lowest BCUT2D eigenvalue weighted by Crippen LogP contribution is -2.55. The number of fused-ring (bicyclic) bond motifs is 5. The van der Waals surface area contributed by atoms with E-state index in [0.717, 1.165) is 12.0 Å². The second-order valence-corrected chi connectivity index (χ2v) is 6.90. The Hall–Kier alpha value is -2.77. The van der Waals surface area contributed by atoms with Crippen molar-refractivity contribution >= 4 is 11.5 Å². The van der Waals surface area contributed by atoms with E-state index in [2.05, 4.69) is 13.8 Å². The maximum atomic E-state index is 13.0. The van der Waals surface area contributed by atoms with E-state index in [-0.39, 0.29) is 28.5 Å². The molecule has 4 rings (SSSR count). The lowest BCUT2D eigenvalue weighted by molar-refractivity contribution is -0.388. The largest absolute Gasteiger partial charge is 0.455 e. The Labute approximate surface area is 163 Å². The summed E-state index contributed by atoms with van der Waals surface area (Å²) in [4.78, 5) is 23.8. The van der Waals surface area contributed by atoms with Crippen molar-refractivity contribution in [3.63, 3.8) is 0 Å². The summed E-state index contributed by atoms with van der Waals surface area (Å²) in [5.41, 5.74) is 5.23. The van der Waals surface area contributed by atoms with Gasteiger partial charge in [0, 0.05) is 17.2 Å². The van der Waals surface area contributed by atoms with Crippen molar-refractivity contribution in [2.75, 3.05) is 0 Å². The highest BCUT2D eigenvalue weighted by Crippen LogP contribution is 2.58. The summed E-state index contributed by atoms with van der Waals surface area (Å²) >= 11 is 0. The van der Waals surface area contributed by atoms with Gasteiger partial charge in [0.1, 0.15) is 11.3 Å². The van der Waals surface area contributed by atoms with Gasteiger partial charge in [-0.25, -0.2) is 0 Å². The second-order valence-electron chi connectivity index (χ2n) is 6.90. The number of ether oxygens (including phenoxy) is 1. The lowest BCUT2D eigenvalue weighted by Gasteiger charge is -2.29. The Bertz CT molecular complexity index is 973. The molecular formula is C21H24N2O5. The fourth-order valence-electron chi connectivity index (χ4n) is 3.89. The minimum Gasteiger partial charge on any atom is -0.455 e. The van der Waals surface area contributed by atoms with E-state index in [1.165, 1.54) is 18.2 Å². The predicted octanol–water partition coefficient (Wildman–Crippen LogP) is 3.72. The second kappa shape index (κ2) is 6.68. The molecule has 0 radical (unpaired) electrons. The first kappa shape index (κ1) is 20.0. The molecule has 1 aliphatic heterocycles. The Morgan fingerprint density at radius 1 is 1.29 bits per heavy atom. The van der Waals surface area contributed by atoms with Crippen LogP contribution < -0.4 is 10.5 Å². The van der Waals surface area contributed by atoms with Gasteiger partial charge in [-0.2, -0.15) is 0 Å². The van der Waals surface area contributed by atoms with Crippen molar-refractivity contribution in [2.45, 2.75) is 51.4 Å². The van der Waals surface area contributed by atoms with E-state index >= 15 is 0 Å². The molecule has 0 saturated heterocycles. The number of nitro benzene ring substituents is 1. The molecule has 0 amide bonds. The fourth-order valence-corrected chi connectivity index (χ4v) is 3.89. The summed E-state index contributed by atoms with van der Waals surface area (Å²) in [6, 6.07) is 9.32. The number of carbonyl (C=O) groups excluding carboxylic acids is 1. The highest BCUT2D eigenvalue weighted by molar-refractivity contribution is 6.11. The Balaban J connectivity index is 0.00000109. The van der Waals surface area contributed by atoms with Gasteiger partial charge in [0.15, 0.2) is 11.3 Å². The SMILES string of the molecule is CC.CCC(C)c1ccc2c(c1)OC1(O)c3c(cccc3[N+](=O)[O-])C(=O)C21N. The van der Waals surface area contributed by atoms with Crippen molar-refractivity contribution in [1.29, 1.82) is 0 Å². The Morgan fingerprint density at radius 3 is 2.57 bits per heavy atom. The summed E-state index contributed by atoms with van der Waals surface area (Å²) in [6.07, 6.45) is 0.907. The number of nitrogens with two attached hydrogens (primary N) is 1. The predicted molar refractivity (Wildman–Crippen MR) is 104 cm³/mol. The van der Waals surface area contributed by atoms with E-state index in [1.54, 1.807) is 12.1 Å². The van der Waals surface area contributed by atoms with Crippen LogP contribution in [0.15, 0.2) is 36.4 Å². The minimum atomic E-state index is -2.31. The minimum absolute atomic E-state index is 0.0147. The maximum Gasteiger partial charge on any atom is 0.280 e. The van der Waals surface area contributed by atoms with Gasteiger partial charge in [-0.15, -0.1) is 0 Å². The number of ketones is 1. The first-order valence-electron chi connectivity index (χ1n) is 9.43. The number of rotatable bonds is 3. The lowest BCUT2D eigenvalue weighted by atomic mass is 9.83. The molecule has 0 fully saturated rings. The molecule has 0 bridgehead atoms. The zero-order valence-corrected chi connectivity index (χ0v) is 16.4. The Kier molecular flexibility index (Phi) is 4.77. The molecule has 2 aromatic carbocycles. The van der Waals surface area contributed by atoms with Gasteiger partial charge in [0.05, 0.1) is 4.92 Å². The van der Waals surface area contributed by atoms with Crippen molar-refractivity contribution < 1.29 is 19.6 Å². The number of benzene rings is 2. The van der Waals surface area contributed by atoms with E-state index in [0.29, 0.717) is 5.56 Å². The Morgan fingerprint density at radius 2 is 1.96 bits per heavy atom. The first-order chi connectivity index (χ1) is 13.3. The summed E-state index contributed by atoms with van der Waals surface area (Å²) in [5.74, 6) is -2.36. The van der Waals surface area contributed by atoms with Gasteiger partial charge >= 0.3 is 0 Å². The molecule has 7 heteroatoms. The molecule has 3 N–H and O–H groups in total. The average Bonchev–Trinajstić information content (AvgIpc) is 3.04. The van der Waals surface area contributed by atoms with Gasteiger partial charge in [0.2, 0.25) is 0 Å². The normalized spacial score (nSPS) is 25.0. The van der Waals surface area contributed by atoms with Crippen molar-refractivity contribution in [2.24, 2.45) is 5.73 Å². The van der Waals surface area contributed by atoms with Crippen LogP contribution in [0.2, 0.25) is 0 Å². The zero-order chi connectivity index (χ0) is 20.9. The fraction of sp³-hybridized carbons (Fsp3) is 0.381. The molecule has 2 aromatic rings. The maximum absolute atomic E-state index is 13.0. The number of aliphatic hydroxyl groups is 1. The van der Waals surface area contributed by atoms with Gasteiger partial charge in [-0.3, -0.25) is 14.9 Å². The van der Waals surface area contributed by atoms with Crippen LogP contribution in [0.4, 0.5) is 5.69 Å².